The van der Waals surface area contributed by atoms with Crippen LogP contribution in [0.25, 0.3) is 21.5 Å². The van der Waals surface area contributed by atoms with Gasteiger partial charge in [0.1, 0.15) is 5.69 Å². The predicted octanol–water partition coefficient (Wildman–Crippen LogP) is -4.92. The number of carbonyl (C=O) groups excluding carboxylic acids is 2. The first-order valence-electron chi connectivity index (χ1n) is 11.9. The van der Waals surface area contributed by atoms with Crippen molar-refractivity contribution in [2.75, 3.05) is 5.73 Å². The van der Waals surface area contributed by atoms with E-state index in [1.165, 1.54) is 0 Å². The van der Waals surface area contributed by atoms with Crippen LogP contribution in [0.2, 0.25) is 0 Å². The summed E-state index contributed by atoms with van der Waals surface area (Å²) in [7, 11) is 0. The van der Waals surface area contributed by atoms with Gasteiger partial charge in [-0.15, -0.1) is 15.3 Å². The number of hydrogen-bond acceptors (Lipinski definition) is 14. The van der Waals surface area contributed by atoms with Gasteiger partial charge in [0, 0.05) is 33.0 Å². The molecule has 0 unspecified atom stereocenters. The molecule has 5 aromatic carbocycles. The number of nitrogens with zero attached hydrogens (tertiary/aromatic N) is 4. The molecule has 0 aliphatic heterocycles. The van der Waals surface area contributed by atoms with Crippen molar-refractivity contribution in [2.45, 2.75) is 4.90 Å². The number of rotatable bonds is 9. The van der Waals surface area contributed by atoms with E-state index >= 15 is 0 Å². The molecular formula is C28H16K3N5O8S. The van der Waals surface area contributed by atoms with Gasteiger partial charge < -0.3 is 35.9 Å². The van der Waals surface area contributed by atoms with E-state index in [0.717, 1.165) is 18.2 Å². The number of phenols is 1. The van der Waals surface area contributed by atoms with Crippen LogP contribution in [0, 0.1) is 0 Å². The Morgan fingerprint density at radius 3 is 1.87 bits per heavy atom. The summed E-state index contributed by atoms with van der Waals surface area (Å²) in [6.07, 6.45) is 0. The summed E-state index contributed by atoms with van der Waals surface area (Å²) >= 11 is 0.543. The molecule has 0 aliphatic carbocycles. The number of azo groups is 2. The Balaban J connectivity index is 0.00000235. The number of fused-ring (bicyclic) bond motifs is 2. The van der Waals surface area contributed by atoms with Crippen LogP contribution in [0.15, 0.2) is 104 Å². The molecule has 210 valence electrons. The van der Waals surface area contributed by atoms with E-state index in [4.69, 9.17) is 5.73 Å². The van der Waals surface area contributed by atoms with Crippen LogP contribution >= 0.6 is 12.0 Å². The molecule has 0 amide bonds. The zero-order valence-corrected chi connectivity index (χ0v) is 34.3. The molecule has 0 bridgehead atoms. The van der Waals surface area contributed by atoms with E-state index in [1.54, 1.807) is 60.7 Å². The van der Waals surface area contributed by atoms with Crippen LogP contribution in [0.4, 0.5) is 28.4 Å². The second kappa shape index (κ2) is 18.9. The first-order chi connectivity index (χ1) is 20.2. The van der Waals surface area contributed by atoms with Crippen molar-refractivity contribution in [3.63, 3.8) is 0 Å². The molecule has 0 fully saturated rings. The first-order valence-corrected chi connectivity index (χ1v) is 12.6. The van der Waals surface area contributed by atoms with Crippen molar-refractivity contribution in [3.8, 4) is 5.75 Å². The Morgan fingerprint density at radius 1 is 0.733 bits per heavy atom. The van der Waals surface area contributed by atoms with Gasteiger partial charge in [0.15, 0.2) is 5.75 Å². The van der Waals surface area contributed by atoms with Crippen molar-refractivity contribution in [3.05, 3.63) is 90.0 Å². The molecule has 0 aromatic heterocycles. The smallest absolute Gasteiger partial charge is 0.691 e. The van der Waals surface area contributed by atoms with E-state index < -0.39 is 23.1 Å². The summed E-state index contributed by atoms with van der Waals surface area (Å²) in [5.74, 6) is -3.40. The topological polar surface area (TPSA) is 217 Å². The normalized spacial score (nSPS) is 10.9. The number of hydrogen-bond donors (Lipinski definition) is 2. The molecule has 5 rings (SSSR count). The average molecular weight is 700 g/mol. The molecule has 3 N–H and O–H groups in total. The monoisotopic (exact) mass is 699 g/mol. The fourth-order valence-electron chi connectivity index (χ4n) is 4.13. The largest absolute Gasteiger partial charge is 1.00 e. The molecule has 13 nitrogen and oxygen atoms in total. The Bertz CT molecular complexity index is 1910. The third kappa shape index (κ3) is 10.0. The Hall–Kier alpha value is -0.501. The SMILES string of the molecule is Nc1ccc2cc(SOO[O-])c(N=Nc3ccc(N=Nc4cc(C(=O)[O-])cc(C(=O)[O-])c4)c4ccccc34)c(O)c2c1.[K+].[K+].[K+]. The third-order valence-electron chi connectivity index (χ3n) is 6.03. The van der Waals surface area contributed by atoms with Gasteiger partial charge in [-0.1, -0.05) is 30.3 Å². The number of benzene rings is 5. The fourth-order valence-corrected chi connectivity index (χ4v) is 4.62. The van der Waals surface area contributed by atoms with Crippen molar-refractivity contribution in [2.24, 2.45) is 20.5 Å². The van der Waals surface area contributed by atoms with Gasteiger partial charge in [-0.3, -0.25) is 5.04 Å². The number of nitrogen functional groups attached to an aromatic ring is 1. The van der Waals surface area contributed by atoms with Crippen LogP contribution in [0.3, 0.4) is 0 Å². The molecule has 0 radical (unpaired) electrons. The van der Waals surface area contributed by atoms with Crippen LogP contribution < -0.4 is 175 Å². The average Bonchev–Trinajstić information content (AvgIpc) is 2.99. The van der Waals surface area contributed by atoms with E-state index in [1.807, 2.05) is 0 Å². The minimum absolute atomic E-state index is 0. The van der Waals surface area contributed by atoms with Crippen LogP contribution in [-0.2, 0) is 9.37 Å². The molecule has 0 saturated heterocycles. The van der Waals surface area contributed by atoms with Gasteiger partial charge >= 0.3 is 154 Å². The fraction of sp³-hybridized carbons (Fsp3) is 0. The number of nitrogens with two attached hydrogens (primary N) is 1. The zero-order chi connectivity index (χ0) is 29.8. The van der Waals surface area contributed by atoms with Gasteiger partial charge in [-0.2, -0.15) is 9.45 Å². The van der Waals surface area contributed by atoms with E-state index in [9.17, 15) is 30.2 Å². The second-order valence-corrected chi connectivity index (χ2v) is 9.41. The number of carboxylic acids is 2. The second-order valence-electron chi connectivity index (χ2n) is 8.66. The Morgan fingerprint density at radius 2 is 1.31 bits per heavy atom. The summed E-state index contributed by atoms with van der Waals surface area (Å²) in [6, 6.07) is 19.8. The molecule has 0 spiro atoms. The van der Waals surface area contributed by atoms with Crippen LogP contribution in [-0.4, -0.2) is 17.0 Å². The number of aromatic hydroxyl groups is 1. The Kier molecular flexibility index (Phi) is 17.1. The van der Waals surface area contributed by atoms with E-state index in [-0.39, 0.29) is 176 Å². The number of aromatic carboxylic acids is 2. The van der Waals surface area contributed by atoms with Gasteiger partial charge in [0.05, 0.1) is 45.9 Å². The summed E-state index contributed by atoms with van der Waals surface area (Å²) < 4.78 is 4.46. The molecule has 0 atom stereocenters. The summed E-state index contributed by atoms with van der Waals surface area (Å²) in [5.41, 5.74) is 6.21. The zero-order valence-electron chi connectivity index (χ0n) is 24.1. The van der Waals surface area contributed by atoms with Gasteiger partial charge in [0.25, 0.3) is 0 Å². The van der Waals surface area contributed by atoms with Crippen molar-refractivity contribution >= 4 is 74.0 Å². The minimum Gasteiger partial charge on any atom is -0.691 e. The van der Waals surface area contributed by atoms with Gasteiger partial charge in [-0.05, 0) is 53.9 Å². The first kappa shape index (κ1) is 40.7. The molecule has 45 heavy (non-hydrogen) atoms. The van der Waals surface area contributed by atoms with Crippen LogP contribution in [0.5, 0.6) is 5.75 Å². The van der Waals surface area contributed by atoms with Gasteiger partial charge in [0.2, 0.25) is 0 Å². The summed E-state index contributed by atoms with van der Waals surface area (Å²) in [6.45, 7) is 0. The summed E-state index contributed by atoms with van der Waals surface area (Å²) in [4.78, 5) is 22.8. The summed E-state index contributed by atoms with van der Waals surface area (Å²) in [5, 5.41) is 66.4. The molecule has 5 aromatic rings. The molecular weight excluding hydrogens is 684 g/mol. The number of phenolic OH excluding ortho intramolecular Hbond substituents is 1. The van der Waals surface area contributed by atoms with Gasteiger partial charge in [-0.25, -0.2) is 0 Å². The van der Waals surface area contributed by atoms with Crippen molar-refractivity contribution in [1.82, 2.24) is 0 Å². The quantitative estimate of drug-likeness (QED) is 0.0373. The third-order valence-corrected chi connectivity index (χ3v) is 6.64. The maximum Gasteiger partial charge on any atom is 1.00 e. The van der Waals surface area contributed by atoms with E-state index in [2.05, 4.69) is 29.8 Å². The molecule has 17 heteroatoms. The van der Waals surface area contributed by atoms with E-state index in [0.29, 0.717) is 50.6 Å². The number of anilines is 1. The number of carboxylic acid groups (broad SMARTS) is 2. The molecule has 0 saturated carbocycles. The number of carbonyl (C=O) groups is 2. The predicted molar refractivity (Wildman–Crippen MR) is 145 cm³/mol. The van der Waals surface area contributed by atoms with Crippen molar-refractivity contribution in [1.29, 1.82) is 0 Å². The standard InChI is InChI=1S/C28H19N5O8S.3K/c29-17-6-5-14-12-24(42-41-40-39)25(26(34)21(14)13-17)33-32-23-8-7-22(19-3-1-2-4-20(19)23)31-30-18-10-15(27(35)36)9-16(11-18)28(37)38;;;/h1-13,34,39H,29H2,(H,35,36)(H,37,38);;;/q;3*+1/p-3. The Labute approximate surface area is 387 Å². The molecule has 0 aliphatic rings. The molecule has 0 heterocycles. The maximum absolute atomic E-state index is 11.3. The maximum atomic E-state index is 11.3. The van der Waals surface area contributed by atoms with Crippen molar-refractivity contribution < 1.29 is 194 Å². The van der Waals surface area contributed by atoms with Crippen LogP contribution in [0.1, 0.15) is 20.7 Å². The minimum atomic E-state index is -1.58.